The molecule has 0 fully saturated rings. The number of rotatable bonds is 7. The molecule has 0 aromatic heterocycles. The summed E-state index contributed by atoms with van der Waals surface area (Å²) >= 11 is 0. The van der Waals surface area contributed by atoms with Gasteiger partial charge in [0.1, 0.15) is 0 Å². The quantitative estimate of drug-likeness (QED) is 0.612. The second-order valence-corrected chi connectivity index (χ2v) is 7.61. The molecular formula is C26H27NO2. The molecule has 0 aliphatic heterocycles. The molecule has 3 heteroatoms. The number of ether oxygens (including phenoxy) is 1. The molecule has 4 rings (SSSR count). The lowest BCUT2D eigenvalue weighted by molar-refractivity contribution is -0.123. The molecule has 0 heterocycles. The fourth-order valence-electron chi connectivity index (χ4n) is 4.06. The highest BCUT2D eigenvalue weighted by atomic mass is 16.5. The molecule has 1 atom stereocenters. The van der Waals surface area contributed by atoms with Gasteiger partial charge in [0.05, 0.1) is 19.1 Å². The first-order valence-electron chi connectivity index (χ1n) is 10.4. The highest BCUT2D eigenvalue weighted by Crippen LogP contribution is 2.31. The molecule has 29 heavy (non-hydrogen) atoms. The number of fused-ring (bicyclic) bond motifs is 1. The van der Waals surface area contributed by atoms with Crippen molar-refractivity contribution in [2.24, 2.45) is 0 Å². The zero-order chi connectivity index (χ0) is 19.9. The van der Waals surface area contributed by atoms with Gasteiger partial charge in [-0.3, -0.25) is 4.79 Å². The number of carbonyl (C=O) groups excluding carboxylic acids is 1. The van der Waals surface area contributed by atoms with E-state index in [1.54, 1.807) is 0 Å². The van der Waals surface area contributed by atoms with Crippen LogP contribution in [0.3, 0.4) is 0 Å². The second kappa shape index (κ2) is 9.53. The lowest BCUT2D eigenvalue weighted by Gasteiger charge is -2.24. The molecule has 0 saturated carbocycles. The molecule has 1 N–H and O–H groups in total. The third-order valence-corrected chi connectivity index (χ3v) is 5.63. The molecule has 0 spiro atoms. The van der Waals surface area contributed by atoms with E-state index in [2.05, 4.69) is 47.8 Å². The van der Waals surface area contributed by atoms with Crippen LogP contribution < -0.4 is 5.32 Å². The summed E-state index contributed by atoms with van der Waals surface area (Å²) in [5.74, 6) is 0.0820. The van der Waals surface area contributed by atoms with Crippen molar-refractivity contribution in [1.82, 2.24) is 5.32 Å². The minimum Gasteiger partial charge on any atom is -0.372 e. The predicted octanol–water partition coefficient (Wildman–Crippen LogP) is 5.14. The van der Waals surface area contributed by atoms with Crippen LogP contribution in [-0.2, 0) is 35.7 Å². The molecule has 1 aliphatic carbocycles. The van der Waals surface area contributed by atoms with Gasteiger partial charge >= 0.3 is 0 Å². The number of amides is 1. The van der Waals surface area contributed by atoms with Gasteiger partial charge in [0.15, 0.2) is 0 Å². The van der Waals surface area contributed by atoms with E-state index in [0.29, 0.717) is 19.8 Å². The van der Waals surface area contributed by atoms with Gasteiger partial charge in [-0.2, -0.15) is 0 Å². The van der Waals surface area contributed by atoms with E-state index in [0.717, 1.165) is 36.0 Å². The first kappa shape index (κ1) is 19.4. The SMILES string of the molecule is O=C(NCc1ccccc1COCc1ccccc1)C1CCCc2ccccc21. The van der Waals surface area contributed by atoms with Crippen LogP contribution in [0.4, 0.5) is 0 Å². The number of hydrogen-bond donors (Lipinski definition) is 1. The van der Waals surface area contributed by atoms with Crippen LogP contribution in [0.5, 0.6) is 0 Å². The fourth-order valence-corrected chi connectivity index (χ4v) is 4.06. The lowest BCUT2D eigenvalue weighted by atomic mass is 9.82. The minimum atomic E-state index is -0.0403. The standard InChI is InChI=1S/C26H27NO2/c28-26(25-16-8-14-21-11-6-7-15-24(21)25)27-17-22-12-4-5-13-23(22)19-29-18-20-9-2-1-3-10-20/h1-7,9-13,15,25H,8,14,16-19H2,(H,27,28). The Morgan fingerprint density at radius 3 is 2.45 bits per heavy atom. The molecular weight excluding hydrogens is 358 g/mol. The van der Waals surface area contributed by atoms with Crippen LogP contribution in [0.2, 0.25) is 0 Å². The highest BCUT2D eigenvalue weighted by molar-refractivity contribution is 5.84. The maximum atomic E-state index is 12.9. The first-order chi connectivity index (χ1) is 14.3. The van der Waals surface area contributed by atoms with Gasteiger partial charge in [-0.15, -0.1) is 0 Å². The van der Waals surface area contributed by atoms with Crippen molar-refractivity contribution in [3.05, 3.63) is 107 Å². The third kappa shape index (κ3) is 4.93. The van der Waals surface area contributed by atoms with Gasteiger partial charge in [0.25, 0.3) is 0 Å². The molecule has 148 valence electrons. The van der Waals surface area contributed by atoms with E-state index < -0.39 is 0 Å². The van der Waals surface area contributed by atoms with Crippen molar-refractivity contribution >= 4 is 5.91 Å². The maximum absolute atomic E-state index is 12.9. The summed E-state index contributed by atoms with van der Waals surface area (Å²) in [6.45, 7) is 1.65. The Kier molecular flexibility index (Phi) is 6.38. The Balaban J connectivity index is 1.36. The normalized spacial score (nSPS) is 15.5. The molecule has 1 aliphatic rings. The van der Waals surface area contributed by atoms with Gasteiger partial charge in [0.2, 0.25) is 5.91 Å². The summed E-state index contributed by atoms with van der Waals surface area (Å²) < 4.78 is 5.90. The number of hydrogen-bond acceptors (Lipinski definition) is 2. The molecule has 0 bridgehead atoms. The monoisotopic (exact) mass is 385 g/mol. The Hall–Kier alpha value is -2.91. The van der Waals surface area contributed by atoms with E-state index in [-0.39, 0.29) is 11.8 Å². The third-order valence-electron chi connectivity index (χ3n) is 5.63. The van der Waals surface area contributed by atoms with Gasteiger partial charge < -0.3 is 10.1 Å². The van der Waals surface area contributed by atoms with Crippen LogP contribution in [-0.4, -0.2) is 5.91 Å². The van der Waals surface area contributed by atoms with Crippen molar-refractivity contribution in [3.63, 3.8) is 0 Å². The number of nitrogens with one attached hydrogen (secondary N) is 1. The Bertz CT molecular complexity index is 952. The Morgan fingerprint density at radius 2 is 1.59 bits per heavy atom. The molecule has 3 aromatic rings. The number of carbonyl (C=O) groups is 1. The molecule has 1 amide bonds. The first-order valence-corrected chi connectivity index (χ1v) is 10.4. The van der Waals surface area contributed by atoms with E-state index >= 15 is 0 Å². The van der Waals surface area contributed by atoms with Crippen LogP contribution >= 0.6 is 0 Å². The van der Waals surface area contributed by atoms with Gasteiger partial charge in [-0.25, -0.2) is 0 Å². The van der Waals surface area contributed by atoms with E-state index in [1.807, 2.05) is 36.4 Å². The average Bonchev–Trinajstić information content (AvgIpc) is 2.78. The average molecular weight is 386 g/mol. The second-order valence-electron chi connectivity index (χ2n) is 7.61. The molecule has 3 aromatic carbocycles. The van der Waals surface area contributed by atoms with Crippen molar-refractivity contribution in [2.45, 2.75) is 44.9 Å². The van der Waals surface area contributed by atoms with E-state index in [1.165, 1.54) is 11.1 Å². The van der Waals surface area contributed by atoms with Crippen molar-refractivity contribution in [2.75, 3.05) is 0 Å². The fraction of sp³-hybridized carbons (Fsp3) is 0.269. The van der Waals surface area contributed by atoms with E-state index in [9.17, 15) is 4.79 Å². The molecule has 1 unspecified atom stereocenters. The highest BCUT2D eigenvalue weighted by Gasteiger charge is 2.25. The minimum absolute atomic E-state index is 0.0403. The Morgan fingerprint density at radius 1 is 0.862 bits per heavy atom. The van der Waals surface area contributed by atoms with Crippen LogP contribution in [0.1, 0.15) is 46.6 Å². The van der Waals surface area contributed by atoms with Crippen molar-refractivity contribution in [1.29, 1.82) is 0 Å². The Labute approximate surface area is 172 Å². The molecule has 0 saturated heterocycles. The topological polar surface area (TPSA) is 38.3 Å². The molecule has 3 nitrogen and oxygen atoms in total. The summed E-state index contributed by atoms with van der Waals surface area (Å²) in [5.41, 5.74) is 5.89. The number of aryl methyl sites for hydroxylation is 1. The molecule has 0 radical (unpaired) electrons. The van der Waals surface area contributed by atoms with Crippen molar-refractivity contribution in [3.8, 4) is 0 Å². The van der Waals surface area contributed by atoms with Crippen LogP contribution in [0.25, 0.3) is 0 Å². The largest absolute Gasteiger partial charge is 0.372 e. The summed E-state index contributed by atoms with van der Waals surface area (Å²) in [4.78, 5) is 12.9. The van der Waals surface area contributed by atoms with Crippen molar-refractivity contribution < 1.29 is 9.53 Å². The van der Waals surface area contributed by atoms with Crippen LogP contribution in [0.15, 0.2) is 78.9 Å². The summed E-state index contributed by atoms with van der Waals surface area (Å²) in [6.07, 6.45) is 3.06. The van der Waals surface area contributed by atoms with Gasteiger partial charge in [-0.05, 0) is 47.1 Å². The predicted molar refractivity (Wildman–Crippen MR) is 115 cm³/mol. The number of benzene rings is 3. The smallest absolute Gasteiger partial charge is 0.227 e. The maximum Gasteiger partial charge on any atom is 0.227 e. The van der Waals surface area contributed by atoms with Gasteiger partial charge in [0, 0.05) is 6.54 Å². The summed E-state index contributed by atoms with van der Waals surface area (Å²) in [6, 6.07) is 26.7. The lowest BCUT2D eigenvalue weighted by Crippen LogP contribution is -2.31. The summed E-state index contributed by atoms with van der Waals surface area (Å²) in [5, 5.41) is 3.16. The zero-order valence-corrected chi connectivity index (χ0v) is 16.6. The van der Waals surface area contributed by atoms with Crippen LogP contribution in [0, 0.1) is 0 Å². The summed E-state index contributed by atoms with van der Waals surface area (Å²) in [7, 11) is 0. The zero-order valence-electron chi connectivity index (χ0n) is 16.6. The van der Waals surface area contributed by atoms with Gasteiger partial charge in [-0.1, -0.05) is 78.9 Å². The van der Waals surface area contributed by atoms with E-state index in [4.69, 9.17) is 4.74 Å².